The highest BCUT2D eigenvalue weighted by Gasteiger charge is 2.00. The fraction of sp³-hybridized carbons (Fsp3) is 0.455. The van der Waals surface area contributed by atoms with E-state index >= 15 is 0 Å². The van der Waals surface area contributed by atoms with Gasteiger partial charge >= 0.3 is 0 Å². The van der Waals surface area contributed by atoms with Gasteiger partial charge in [-0.15, -0.1) is 0 Å². The van der Waals surface area contributed by atoms with Gasteiger partial charge in [0.25, 0.3) is 0 Å². The first kappa shape index (κ1) is 7.66. The number of fused-ring (bicyclic) bond motifs is 1. The molecule has 1 aromatic rings. The van der Waals surface area contributed by atoms with E-state index < -0.39 is 0 Å². The van der Waals surface area contributed by atoms with Crippen LogP contribution in [0.3, 0.4) is 0 Å². The average Bonchev–Trinajstić information content (AvgIpc) is 2.50. The first-order valence-corrected chi connectivity index (χ1v) is 4.78. The molecule has 1 N–H and O–H groups in total. The second-order valence-electron chi connectivity index (χ2n) is 3.38. The van der Waals surface area contributed by atoms with Crippen molar-refractivity contribution in [3.05, 3.63) is 22.3 Å². The van der Waals surface area contributed by atoms with E-state index in [1.807, 2.05) is 0 Å². The Hall–Kier alpha value is -0.980. The Bertz CT molecular complexity index is 370. The summed E-state index contributed by atoms with van der Waals surface area (Å²) in [6.45, 7) is 2.23. The summed E-state index contributed by atoms with van der Waals surface area (Å²) in [7, 11) is 0. The van der Waals surface area contributed by atoms with Crippen molar-refractivity contribution < 1.29 is 0 Å². The molecule has 12 heavy (non-hydrogen) atoms. The monoisotopic (exact) mass is 161 g/mol. The maximum atomic E-state index is 3.32. The molecule has 0 aliphatic heterocycles. The fourth-order valence-electron chi connectivity index (χ4n) is 1.83. The van der Waals surface area contributed by atoms with Crippen LogP contribution in [0.5, 0.6) is 0 Å². The van der Waals surface area contributed by atoms with E-state index in [0.717, 1.165) is 0 Å². The van der Waals surface area contributed by atoms with E-state index in [9.17, 15) is 0 Å². The summed E-state index contributed by atoms with van der Waals surface area (Å²) in [5.41, 5.74) is 1.49. The van der Waals surface area contributed by atoms with Gasteiger partial charge in [0, 0.05) is 11.5 Å². The van der Waals surface area contributed by atoms with Gasteiger partial charge in [0.2, 0.25) is 0 Å². The number of nitrogens with one attached hydrogen (secondary N) is 1. The molecule has 64 valence electrons. The predicted molar refractivity (Wildman–Crippen MR) is 52.2 cm³/mol. The van der Waals surface area contributed by atoms with Crippen LogP contribution < -0.4 is 10.6 Å². The Balaban J connectivity index is 2.53. The van der Waals surface area contributed by atoms with Gasteiger partial charge in [-0.25, -0.2) is 0 Å². The molecule has 1 heteroatoms. The lowest BCUT2D eigenvalue weighted by atomic mass is 10.1. The molecule has 0 saturated carbocycles. The Morgan fingerprint density at radius 3 is 3.00 bits per heavy atom. The molecule has 1 heterocycles. The van der Waals surface area contributed by atoms with Crippen molar-refractivity contribution in [3.8, 4) is 0 Å². The van der Waals surface area contributed by atoms with Gasteiger partial charge in [0.05, 0.1) is 0 Å². The molecule has 0 aromatic carbocycles. The minimum atomic E-state index is 1.19. The van der Waals surface area contributed by atoms with Crippen LogP contribution in [0.2, 0.25) is 0 Å². The first-order chi connectivity index (χ1) is 5.92. The van der Waals surface area contributed by atoms with Crippen molar-refractivity contribution >= 4 is 12.2 Å². The molecule has 0 radical (unpaired) electrons. The van der Waals surface area contributed by atoms with Gasteiger partial charge in [0.15, 0.2) is 0 Å². The number of hydrogen-bond acceptors (Lipinski definition) is 0. The third kappa shape index (κ3) is 1.20. The molecule has 0 saturated heterocycles. The smallest absolute Gasteiger partial charge is 0.0413 e. The minimum Gasteiger partial charge on any atom is -0.361 e. The Kier molecular flexibility index (Phi) is 2.03. The molecule has 1 aliphatic rings. The van der Waals surface area contributed by atoms with Crippen molar-refractivity contribution in [1.82, 2.24) is 4.98 Å². The normalized spacial score (nSPS) is 14.8. The highest BCUT2D eigenvalue weighted by molar-refractivity contribution is 5.39. The van der Waals surface area contributed by atoms with Crippen molar-refractivity contribution in [2.24, 2.45) is 0 Å². The Morgan fingerprint density at radius 2 is 2.17 bits per heavy atom. The zero-order valence-corrected chi connectivity index (χ0v) is 7.56. The molecule has 1 aliphatic carbocycles. The SMILES string of the molecule is CCCc1c[nH]c2c1=CCCC=2. The molecule has 0 bridgehead atoms. The number of H-pyrrole nitrogens is 1. The molecule has 0 fully saturated rings. The molecule has 0 atom stereocenters. The summed E-state index contributed by atoms with van der Waals surface area (Å²) in [6, 6.07) is 0. The summed E-state index contributed by atoms with van der Waals surface area (Å²) in [6.07, 6.45) is 11.7. The van der Waals surface area contributed by atoms with Crippen LogP contribution in [0.1, 0.15) is 31.7 Å². The number of rotatable bonds is 2. The molecule has 1 aromatic heterocycles. The summed E-state index contributed by atoms with van der Waals surface area (Å²) >= 11 is 0. The predicted octanol–water partition coefficient (Wildman–Crippen LogP) is 1.32. The quantitative estimate of drug-likeness (QED) is 0.673. The zero-order valence-electron chi connectivity index (χ0n) is 7.56. The summed E-state index contributed by atoms with van der Waals surface area (Å²) in [5.74, 6) is 0. The lowest BCUT2D eigenvalue weighted by molar-refractivity contribution is 0.916. The Labute approximate surface area is 72.8 Å². The molecule has 2 rings (SSSR count). The van der Waals surface area contributed by atoms with Crippen LogP contribution in [0.25, 0.3) is 12.2 Å². The number of aromatic nitrogens is 1. The largest absolute Gasteiger partial charge is 0.361 e. The first-order valence-electron chi connectivity index (χ1n) is 4.78. The lowest BCUT2D eigenvalue weighted by Gasteiger charge is -1.96. The van der Waals surface area contributed by atoms with Gasteiger partial charge < -0.3 is 4.98 Å². The molecular formula is C11H15N. The molecule has 0 amide bonds. The molecule has 1 nitrogen and oxygen atoms in total. The van der Waals surface area contributed by atoms with E-state index in [1.165, 1.54) is 41.8 Å². The molecule has 0 spiro atoms. The molecule has 0 unspecified atom stereocenters. The third-order valence-electron chi connectivity index (χ3n) is 2.42. The topological polar surface area (TPSA) is 15.8 Å². The van der Waals surface area contributed by atoms with Gasteiger partial charge in [-0.1, -0.05) is 25.5 Å². The van der Waals surface area contributed by atoms with Crippen molar-refractivity contribution in [3.63, 3.8) is 0 Å². The number of aryl methyl sites for hydroxylation is 1. The van der Waals surface area contributed by atoms with Crippen LogP contribution in [0.15, 0.2) is 6.20 Å². The van der Waals surface area contributed by atoms with E-state index in [0.29, 0.717) is 0 Å². The van der Waals surface area contributed by atoms with Crippen LogP contribution in [0, 0.1) is 0 Å². The van der Waals surface area contributed by atoms with Crippen LogP contribution >= 0.6 is 0 Å². The van der Waals surface area contributed by atoms with E-state index in [4.69, 9.17) is 0 Å². The summed E-state index contributed by atoms with van der Waals surface area (Å²) in [4.78, 5) is 3.32. The van der Waals surface area contributed by atoms with E-state index in [-0.39, 0.29) is 0 Å². The highest BCUT2D eigenvalue weighted by atomic mass is 14.7. The van der Waals surface area contributed by atoms with Gasteiger partial charge in [-0.3, -0.25) is 0 Å². The number of hydrogen-bond donors (Lipinski definition) is 1. The van der Waals surface area contributed by atoms with E-state index in [1.54, 1.807) is 0 Å². The van der Waals surface area contributed by atoms with Crippen LogP contribution in [-0.4, -0.2) is 4.98 Å². The lowest BCUT2D eigenvalue weighted by Crippen LogP contribution is -2.26. The minimum absolute atomic E-state index is 1.19. The highest BCUT2D eigenvalue weighted by Crippen LogP contribution is 1.98. The molecular weight excluding hydrogens is 146 g/mol. The summed E-state index contributed by atoms with van der Waals surface area (Å²) in [5, 5.41) is 2.80. The maximum Gasteiger partial charge on any atom is 0.0413 e. The maximum absolute atomic E-state index is 3.32. The van der Waals surface area contributed by atoms with Crippen LogP contribution in [0.4, 0.5) is 0 Å². The van der Waals surface area contributed by atoms with Gasteiger partial charge in [0.1, 0.15) is 0 Å². The standard InChI is InChI=1S/C11H15N/c1-2-5-9-8-12-11-7-4-3-6-10(9)11/h6-8,12H,2-5H2,1H3. The third-order valence-corrected chi connectivity index (χ3v) is 2.42. The number of aromatic amines is 1. The fourth-order valence-corrected chi connectivity index (χ4v) is 1.83. The average molecular weight is 161 g/mol. The van der Waals surface area contributed by atoms with Crippen molar-refractivity contribution in [2.75, 3.05) is 0 Å². The van der Waals surface area contributed by atoms with E-state index in [2.05, 4.69) is 30.3 Å². The summed E-state index contributed by atoms with van der Waals surface area (Å²) < 4.78 is 0. The van der Waals surface area contributed by atoms with Crippen LogP contribution in [-0.2, 0) is 6.42 Å². The second kappa shape index (κ2) is 3.18. The Morgan fingerprint density at radius 1 is 1.33 bits per heavy atom. The van der Waals surface area contributed by atoms with Gasteiger partial charge in [-0.05, 0) is 30.0 Å². The zero-order chi connectivity index (χ0) is 8.39. The van der Waals surface area contributed by atoms with Gasteiger partial charge in [-0.2, -0.15) is 0 Å². The van der Waals surface area contributed by atoms with Crippen molar-refractivity contribution in [1.29, 1.82) is 0 Å². The van der Waals surface area contributed by atoms with Crippen molar-refractivity contribution in [2.45, 2.75) is 32.6 Å². The second-order valence-corrected chi connectivity index (χ2v) is 3.38.